The van der Waals surface area contributed by atoms with E-state index in [1.54, 1.807) is 9.80 Å². The highest BCUT2D eigenvalue weighted by Crippen LogP contribution is 2.19. The highest BCUT2D eigenvalue weighted by atomic mass is 35.5. The van der Waals surface area contributed by atoms with Crippen LogP contribution in [-0.2, 0) is 4.79 Å². The van der Waals surface area contributed by atoms with Crippen LogP contribution in [-0.4, -0.2) is 54.3 Å². The molecule has 0 spiro atoms. The van der Waals surface area contributed by atoms with E-state index in [9.17, 15) is 14.0 Å². The SMILES string of the molecule is O=C(CNc1ccc(F)c(Cl)c1)N1CCN(C(=O)c2cccs2)CC1. The summed E-state index contributed by atoms with van der Waals surface area (Å²) >= 11 is 7.14. The summed E-state index contributed by atoms with van der Waals surface area (Å²) < 4.78 is 13.1. The monoisotopic (exact) mass is 381 g/mol. The molecule has 1 saturated heterocycles. The molecule has 1 fully saturated rings. The van der Waals surface area contributed by atoms with Crippen LogP contribution in [0, 0.1) is 5.82 Å². The van der Waals surface area contributed by atoms with Gasteiger partial charge in [0.2, 0.25) is 5.91 Å². The molecule has 2 aromatic rings. The molecule has 0 aliphatic carbocycles. The Hall–Kier alpha value is -2.12. The van der Waals surface area contributed by atoms with Gasteiger partial charge in [-0.15, -0.1) is 11.3 Å². The number of benzene rings is 1. The number of anilines is 1. The summed E-state index contributed by atoms with van der Waals surface area (Å²) in [4.78, 5) is 28.8. The zero-order valence-corrected chi connectivity index (χ0v) is 14.9. The molecule has 0 saturated carbocycles. The molecular formula is C17H17ClFN3O2S. The first-order valence-corrected chi connectivity index (χ1v) is 9.10. The molecule has 1 aliphatic rings. The molecule has 0 atom stereocenters. The van der Waals surface area contributed by atoms with Crippen molar-refractivity contribution in [1.29, 1.82) is 0 Å². The molecule has 1 N–H and O–H groups in total. The van der Waals surface area contributed by atoms with Gasteiger partial charge in [0.05, 0.1) is 16.4 Å². The molecule has 8 heteroatoms. The maximum Gasteiger partial charge on any atom is 0.264 e. The van der Waals surface area contributed by atoms with Gasteiger partial charge < -0.3 is 15.1 Å². The normalized spacial score (nSPS) is 14.5. The molecule has 5 nitrogen and oxygen atoms in total. The van der Waals surface area contributed by atoms with Crippen molar-refractivity contribution in [1.82, 2.24) is 9.80 Å². The fourth-order valence-electron chi connectivity index (χ4n) is 2.61. The van der Waals surface area contributed by atoms with Crippen molar-refractivity contribution >= 4 is 40.4 Å². The summed E-state index contributed by atoms with van der Waals surface area (Å²) in [6, 6.07) is 7.89. The van der Waals surface area contributed by atoms with Crippen LogP contribution < -0.4 is 5.32 Å². The second-order valence-corrected chi connectivity index (χ2v) is 6.99. The van der Waals surface area contributed by atoms with Gasteiger partial charge in [-0.3, -0.25) is 9.59 Å². The van der Waals surface area contributed by atoms with Crippen molar-refractivity contribution in [3.63, 3.8) is 0 Å². The van der Waals surface area contributed by atoms with Crippen molar-refractivity contribution in [2.45, 2.75) is 0 Å². The molecule has 2 heterocycles. The van der Waals surface area contributed by atoms with E-state index in [0.717, 1.165) is 4.88 Å². The van der Waals surface area contributed by atoms with Gasteiger partial charge in [-0.05, 0) is 29.6 Å². The number of nitrogens with one attached hydrogen (secondary N) is 1. The summed E-state index contributed by atoms with van der Waals surface area (Å²) in [5, 5.41) is 4.83. The predicted molar refractivity (Wildman–Crippen MR) is 96.7 cm³/mol. The van der Waals surface area contributed by atoms with Gasteiger partial charge in [0, 0.05) is 31.9 Å². The molecule has 3 rings (SSSR count). The fourth-order valence-corrected chi connectivity index (χ4v) is 3.48. The standard InChI is InChI=1S/C17H17ClFN3O2S/c18-13-10-12(3-4-14(13)19)20-11-16(23)21-5-7-22(8-6-21)17(24)15-2-1-9-25-15/h1-4,9-10,20H,5-8,11H2. The summed E-state index contributed by atoms with van der Waals surface area (Å²) in [6.45, 7) is 2.14. The van der Waals surface area contributed by atoms with Crippen LogP contribution in [0.15, 0.2) is 35.7 Å². The maximum absolute atomic E-state index is 13.1. The summed E-state index contributed by atoms with van der Waals surface area (Å²) in [5.74, 6) is -0.546. The molecule has 0 bridgehead atoms. The topological polar surface area (TPSA) is 52.7 Å². The minimum Gasteiger partial charge on any atom is -0.376 e. The van der Waals surface area contributed by atoms with E-state index in [-0.39, 0.29) is 23.4 Å². The number of halogens is 2. The minimum atomic E-state index is -0.495. The number of piperazine rings is 1. The molecular weight excluding hydrogens is 365 g/mol. The van der Waals surface area contributed by atoms with Crippen LogP contribution >= 0.6 is 22.9 Å². The Bertz CT molecular complexity index is 761. The number of rotatable bonds is 4. The van der Waals surface area contributed by atoms with Crippen molar-refractivity contribution in [3.8, 4) is 0 Å². The van der Waals surface area contributed by atoms with Crippen LogP contribution in [0.4, 0.5) is 10.1 Å². The fraction of sp³-hybridized carbons (Fsp3) is 0.294. The van der Waals surface area contributed by atoms with E-state index >= 15 is 0 Å². The quantitative estimate of drug-likeness (QED) is 0.885. The molecule has 0 unspecified atom stereocenters. The first-order chi connectivity index (χ1) is 12.0. The zero-order valence-electron chi connectivity index (χ0n) is 13.4. The summed E-state index contributed by atoms with van der Waals surface area (Å²) in [5.41, 5.74) is 0.589. The third-order valence-electron chi connectivity index (χ3n) is 4.01. The molecule has 1 aromatic heterocycles. The minimum absolute atomic E-state index is 0.0122. The number of carbonyl (C=O) groups excluding carboxylic acids is 2. The van der Waals surface area contributed by atoms with Crippen LogP contribution in [0.1, 0.15) is 9.67 Å². The van der Waals surface area contributed by atoms with Gasteiger partial charge in [0.25, 0.3) is 5.91 Å². The smallest absolute Gasteiger partial charge is 0.264 e. The number of carbonyl (C=O) groups is 2. The summed E-state index contributed by atoms with van der Waals surface area (Å²) in [6.07, 6.45) is 0. The number of hydrogen-bond acceptors (Lipinski definition) is 4. The van der Waals surface area contributed by atoms with Gasteiger partial charge in [0.15, 0.2) is 0 Å². The van der Waals surface area contributed by atoms with E-state index in [0.29, 0.717) is 31.9 Å². The first-order valence-electron chi connectivity index (χ1n) is 7.84. The number of nitrogens with zero attached hydrogens (tertiary/aromatic N) is 2. The number of thiophene rings is 1. The largest absolute Gasteiger partial charge is 0.376 e. The van der Waals surface area contributed by atoms with E-state index in [1.165, 1.54) is 29.5 Å². The van der Waals surface area contributed by atoms with Gasteiger partial charge >= 0.3 is 0 Å². The molecule has 1 aromatic carbocycles. The Labute approximate surface area is 154 Å². The predicted octanol–water partition coefficient (Wildman–Crippen LogP) is 2.94. The van der Waals surface area contributed by atoms with Crippen molar-refractivity contribution in [3.05, 3.63) is 51.4 Å². The average molecular weight is 382 g/mol. The second kappa shape index (κ2) is 7.84. The molecule has 132 valence electrons. The van der Waals surface area contributed by atoms with E-state index in [4.69, 9.17) is 11.6 Å². The highest BCUT2D eigenvalue weighted by molar-refractivity contribution is 7.12. The van der Waals surface area contributed by atoms with Crippen LogP contribution in [0.2, 0.25) is 5.02 Å². The van der Waals surface area contributed by atoms with Gasteiger partial charge in [-0.1, -0.05) is 17.7 Å². The Morgan fingerprint density at radius 2 is 1.88 bits per heavy atom. The maximum atomic E-state index is 13.1. The lowest BCUT2D eigenvalue weighted by Gasteiger charge is -2.34. The third kappa shape index (κ3) is 4.29. The van der Waals surface area contributed by atoms with Gasteiger partial charge in [-0.25, -0.2) is 4.39 Å². The average Bonchev–Trinajstić information content (AvgIpc) is 3.16. The molecule has 1 aliphatic heterocycles. The lowest BCUT2D eigenvalue weighted by atomic mass is 10.2. The van der Waals surface area contributed by atoms with Crippen LogP contribution in [0.5, 0.6) is 0 Å². The van der Waals surface area contributed by atoms with E-state index in [2.05, 4.69) is 5.32 Å². The molecule has 25 heavy (non-hydrogen) atoms. The number of hydrogen-bond donors (Lipinski definition) is 1. The second-order valence-electron chi connectivity index (χ2n) is 5.63. The molecule has 2 amide bonds. The van der Waals surface area contributed by atoms with Crippen molar-refractivity contribution in [2.24, 2.45) is 0 Å². The van der Waals surface area contributed by atoms with E-state index < -0.39 is 5.82 Å². The lowest BCUT2D eigenvalue weighted by molar-refractivity contribution is -0.130. The summed E-state index contributed by atoms with van der Waals surface area (Å²) in [7, 11) is 0. The lowest BCUT2D eigenvalue weighted by Crippen LogP contribution is -2.51. The highest BCUT2D eigenvalue weighted by Gasteiger charge is 2.25. The Kier molecular flexibility index (Phi) is 5.55. The van der Waals surface area contributed by atoms with Crippen LogP contribution in [0.25, 0.3) is 0 Å². The van der Waals surface area contributed by atoms with E-state index in [1.807, 2.05) is 17.5 Å². The van der Waals surface area contributed by atoms with Crippen LogP contribution in [0.3, 0.4) is 0 Å². The zero-order chi connectivity index (χ0) is 17.8. The van der Waals surface area contributed by atoms with Gasteiger partial charge in [-0.2, -0.15) is 0 Å². The van der Waals surface area contributed by atoms with Gasteiger partial charge in [0.1, 0.15) is 5.82 Å². The Balaban J connectivity index is 1.48. The third-order valence-corrected chi connectivity index (χ3v) is 5.16. The Morgan fingerprint density at radius 1 is 1.16 bits per heavy atom. The van der Waals surface area contributed by atoms with Crippen molar-refractivity contribution < 1.29 is 14.0 Å². The van der Waals surface area contributed by atoms with Crippen molar-refractivity contribution in [2.75, 3.05) is 38.0 Å². The molecule has 0 radical (unpaired) electrons. The number of amides is 2. The first kappa shape index (κ1) is 17.7. The Morgan fingerprint density at radius 3 is 2.52 bits per heavy atom.